The molecule has 1 heterocycles. The number of hydrogen-bond acceptors (Lipinski definition) is 4. The third-order valence-electron chi connectivity index (χ3n) is 2.80. The van der Waals surface area contributed by atoms with Crippen molar-refractivity contribution in [2.75, 3.05) is 0 Å². The Kier molecular flexibility index (Phi) is 3.69. The average Bonchev–Trinajstić information content (AvgIpc) is 2.87. The van der Waals surface area contributed by atoms with Crippen molar-refractivity contribution in [1.29, 1.82) is 0 Å². The van der Waals surface area contributed by atoms with Crippen molar-refractivity contribution >= 4 is 5.69 Å². The normalized spacial score (nSPS) is 13.2. The molecule has 1 aromatic heterocycles. The molecule has 1 N–H and O–H groups in total. The smallest absolute Gasteiger partial charge is 0.389 e. The second-order valence-corrected chi connectivity index (χ2v) is 4.32. The summed E-state index contributed by atoms with van der Waals surface area (Å²) in [5.41, 5.74) is -1.41. The van der Waals surface area contributed by atoms with Gasteiger partial charge in [-0.05, 0) is 24.6 Å². The second kappa shape index (κ2) is 5.17. The molecule has 0 amide bonds. The SMILES string of the molecule is C[C@H](O)c1ccc(-n2ccc(C(F)(F)F)n2)c([N+](=O)[O-])c1. The van der Waals surface area contributed by atoms with Crippen LogP contribution in [0.4, 0.5) is 18.9 Å². The number of alkyl halides is 3. The maximum atomic E-state index is 12.5. The first-order valence-electron chi connectivity index (χ1n) is 5.80. The highest BCUT2D eigenvalue weighted by Crippen LogP contribution is 2.30. The quantitative estimate of drug-likeness (QED) is 0.698. The van der Waals surface area contributed by atoms with E-state index in [1.165, 1.54) is 19.1 Å². The van der Waals surface area contributed by atoms with Crippen LogP contribution in [0.25, 0.3) is 5.69 Å². The number of aromatic nitrogens is 2. The predicted molar refractivity (Wildman–Crippen MR) is 65.9 cm³/mol. The first kappa shape index (κ1) is 15.0. The molecular weight excluding hydrogens is 291 g/mol. The molecule has 0 saturated carbocycles. The number of halogens is 3. The molecule has 6 nitrogen and oxygen atoms in total. The molecule has 0 fully saturated rings. The summed E-state index contributed by atoms with van der Waals surface area (Å²) in [6.45, 7) is 1.43. The van der Waals surface area contributed by atoms with Crippen LogP contribution in [0.3, 0.4) is 0 Å². The van der Waals surface area contributed by atoms with Crippen LogP contribution in [0.15, 0.2) is 30.5 Å². The van der Waals surface area contributed by atoms with E-state index in [1.54, 1.807) is 0 Å². The summed E-state index contributed by atoms with van der Waals surface area (Å²) >= 11 is 0. The molecule has 0 radical (unpaired) electrons. The van der Waals surface area contributed by atoms with Crippen molar-refractivity contribution in [3.8, 4) is 5.69 Å². The van der Waals surface area contributed by atoms with Crippen LogP contribution in [0, 0.1) is 10.1 Å². The summed E-state index contributed by atoms with van der Waals surface area (Å²) in [5, 5.41) is 23.7. The highest BCUT2D eigenvalue weighted by atomic mass is 19.4. The van der Waals surface area contributed by atoms with E-state index in [9.17, 15) is 28.4 Å². The lowest BCUT2D eigenvalue weighted by molar-refractivity contribution is -0.384. The highest BCUT2D eigenvalue weighted by molar-refractivity contribution is 5.54. The summed E-state index contributed by atoms with van der Waals surface area (Å²) in [6.07, 6.45) is -4.56. The molecule has 21 heavy (non-hydrogen) atoms. The standard InChI is InChI=1S/C12H10F3N3O3/c1-7(19)8-2-3-9(10(6-8)18(20)21)17-5-4-11(16-17)12(13,14)15/h2-7,19H,1H3/t7-/m0/s1. The minimum absolute atomic E-state index is 0.111. The molecular formula is C12H10F3N3O3. The molecule has 112 valence electrons. The first-order chi connectivity index (χ1) is 9.70. The third-order valence-corrected chi connectivity index (χ3v) is 2.80. The Labute approximate surface area is 116 Å². The van der Waals surface area contributed by atoms with E-state index in [2.05, 4.69) is 5.10 Å². The molecule has 2 aromatic rings. The van der Waals surface area contributed by atoms with Gasteiger partial charge in [0.05, 0.1) is 11.0 Å². The fourth-order valence-electron chi connectivity index (χ4n) is 1.75. The fraction of sp³-hybridized carbons (Fsp3) is 0.250. The Morgan fingerprint density at radius 3 is 2.52 bits per heavy atom. The zero-order valence-corrected chi connectivity index (χ0v) is 10.7. The molecule has 0 saturated heterocycles. The first-order valence-corrected chi connectivity index (χ1v) is 5.80. The zero-order valence-electron chi connectivity index (χ0n) is 10.7. The van der Waals surface area contributed by atoms with Gasteiger partial charge >= 0.3 is 6.18 Å². The fourth-order valence-corrected chi connectivity index (χ4v) is 1.75. The second-order valence-electron chi connectivity index (χ2n) is 4.32. The van der Waals surface area contributed by atoms with Gasteiger partial charge in [0.1, 0.15) is 5.69 Å². The van der Waals surface area contributed by atoms with Crippen LogP contribution in [0.2, 0.25) is 0 Å². The van der Waals surface area contributed by atoms with Gasteiger partial charge in [-0.2, -0.15) is 18.3 Å². The van der Waals surface area contributed by atoms with E-state index >= 15 is 0 Å². The minimum Gasteiger partial charge on any atom is -0.389 e. The highest BCUT2D eigenvalue weighted by Gasteiger charge is 2.34. The molecule has 0 aliphatic carbocycles. The Balaban J connectivity index is 2.53. The van der Waals surface area contributed by atoms with Crippen molar-refractivity contribution in [1.82, 2.24) is 9.78 Å². The van der Waals surface area contributed by atoms with Crippen LogP contribution >= 0.6 is 0 Å². The Morgan fingerprint density at radius 1 is 1.38 bits per heavy atom. The van der Waals surface area contributed by atoms with E-state index < -0.39 is 28.6 Å². The van der Waals surface area contributed by atoms with Crippen molar-refractivity contribution < 1.29 is 23.2 Å². The number of nitrogens with zero attached hydrogens (tertiary/aromatic N) is 3. The maximum absolute atomic E-state index is 12.5. The van der Waals surface area contributed by atoms with Gasteiger partial charge in [-0.1, -0.05) is 6.07 Å². The summed E-state index contributed by atoms with van der Waals surface area (Å²) < 4.78 is 38.3. The predicted octanol–water partition coefficient (Wildman–Crippen LogP) is 2.85. The number of aliphatic hydroxyl groups excluding tert-OH is 1. The Bertz CT molecular complexity index is 680. The van der Waals surface area contributed by atoms with Crippen LogP contribution in [-0.4, -0.2) is 19.8 Å². The lowest BCUT2D eigenvalue weighted by atomic mass is 10.1. The molecule has 0 spiro atoms. The largest absolute Gasteiger partial charge is 0.435 e. The molecule has 0 aliphatic rings. The monoisotopic (exact) mass is 301 g/mol. The van der Waals surface area contributed by atoms with Gasteiger partial charge in [-0.15, -0.1) is 0 Å². The lowest BCUT2D eigenvalue weighted by Gasteiger charge is -2.08. The zero-order chi connectivity index (χ0) is 15.8. The topological polar surface area (TPSA) is 81.2 Å². The van der Waals surface area contributed by atoms with E-state index in [0.29, 0.717) is 0 Å². The van der Waals surface area contributed by atoms with Crippen molar-refractivity contribution in [3.05, 3.63) is 51.8 Å². The number of nitro groups is 1. The maximum Gasteiger partial charge on any atom is 0.435 e. The van der Waals surface area contributed by atoms with Crippen molar-refractivity contribution in [3.63, 3.8) is 0 Å². The Hall–Kier alpha value is -2.42. The van der Waals surface area contributed by atoms with Gasteiger partial charge in [0.25, 0.3) is 5.69 Å². The molecule has 1 aromatic carbocycles. The third kappa shape index (κ3) is 3.02. The summed E-state index contributed by atoms with van der Waals surface area (Å²) in [6, 6.07) is 4.47. The number of hydrogen-bond donors (Lipinski definition) is 1. The number of nitro benzene ring substituents is 1. The van der Waals surface area contributed by atoms with Gasteiger partial charge in [-0.25, -0.2) is 4.68 Å². The van der Waals surface area contributed by atoms with E-state index in [0.717, 1.165) is 23.0 Å². The number of aliphatic hydroxyl groups is 1. The molecule has 0 aliphatic heterocycles. The van der Waals surface area contributed by atoms with Crippen molar-refractivity contribution in [2.24, 2.45) is 0 Å². The van der Waals surface area contributed by atoms with Gasteiger partial charge in [-0.3, -0.25) is 10.1 Å². The van der Waals surface area contributed by atoms with E-state index in [-0.39, 0.29) is 11.3 Å². The number of rotatable bonds is 3. The molecule has 9 heteroatoms. The molecule has 0 bridgehead atoms. The van der Waals surface area contributed by atoms with Gasteiger partial charge in [0, 0.05) is 12.3 Å². The molecule has 1 atom stereocenters. The van der Waals surface area contributed by atoms with E-state index in [4.69, 9.17) is 0 Å². The average molecular weight is 301 g/mol. The summed E-state index contributed by atoms with van der Waals surface area (Å²) in [7, 11) is 0. The van der Waals surface area contributed by atoms with Crippen LogP contribution < -0.4 is 0 Å². The van der Waals surface area contributed by atoms with Crippen LogP contribution in [0.1, 0.15) is 24.3 Å². The van der Waals surface area contributed by atoms with Gasteiger partial charge < -0.3 is 5.11 Å². The summed E-state index contributed by atoms with van der Waals surface area (Å²) in [4.78, 5) is 10.3. The van der Waals surface area contributed by atoms with Crippen LogP contribution in [-0.2, 0) is 6.18 Å². The van der Waals surface area contributed by atoms with Gasteiger partial charge in [0.2, 0.25) is 0 Å². The summed E-state index contributed by atoms with van der Waals surface area (Å²) in [5.74, 6) is 0. The minimum atomic E-state index is -4.63. The Morgan fingerprint density at radius 2 is 2.05 bits per heavy atom. The van der Waals surface area contributed by atoms with Crippen molar-refractivity contribution in [2.45, 2.75) is 19.2 Å². The number of benzene rings is 1. The van der Waals surface area contributed by atoms with Crippen LogP contribution in [0.5, 0.6) is 0 Å². The molecule has 0 unspecified atom stereocenters. The lowest BCUT2D eigenvalue weighted by Crippen LogP contribution is -2.08. The molecule has 2 rings (SSSR count). The van der Waals surface area contributed by atoms with E-state index in [1.807, 2.05) is 0 Å². The van der Waals surface area contributed by atoms with Gasteiger partial charge in [0.15, 0.2) is 5.69 Å².